The Morgan fingerprint density at radius 2 is 1.88 bits per heavy atom. The van der Waals surface area contributed by atoms with Crippen molar-refractivity contribution in [2.24, 2.45) is 10.7 Å². The number of sulfonamides is 1. The van der Waals surface area contributed by atoms with Crippen LogP contribution in [0.5, 0.6) is 0 Å². The number of aliphatic imine (C=N–C) groups is 1. The molecule has 0 spiro atoms. The zero-order valence-electron chi connectivity index (χ0n) is 10.9. The van der Waals surface area contributed by atoms with Crippen LogP contribution in [0.4, 0.5) is 0 Å². The van der Waals surface area contributed by atoms with E-state index < -0.39 is 10.0 Å². The highest BCUT2D eigenvalue weighted by atomic mass is 32.2. The van der Waals surface area contributed by atoms with Gasteiger partial charge in [-0.2, -0.15) is 0 Å². The van der Waals surface area contributed by atoms with Gasteiger partial charge in [-0.1, -0.05) is 0 Å². The van der Waals surface area contributed by atoms with Gasteiger partial charge in [0.25, 0.3) is 0 Å². The highest BCUT2D eigenvalue weighted by Gasteiger charge is 2.04. The number of rotatable bonds is 8. The fraction of sp³-hybridized carbons (Fsp3) is 0.900. The number of hydrogen-bond acceptors (Lipinski definition) is 3. The van der Waals surface area contributed by atoms with Crippen LogP contribution in [0.1, 0.15) is 27.2 Å². The van der Waals surface area contributed by atoms with Crippen LogP contribution in [0.3, 0.4) is 0 Å². The van der Waals surface area contributed by atoms with Crippen LogP contribution in [-0.4, -0.2) is 51.2 Å². The molecule has 3 N–H and O–H groups in total. The molecule has 0 saturated carbocycles. The van der Waals surface area contributed by atoms with Crippen molar-refractivity contribution in [2.45, 2.75) is 27.2 Å². The molecule has 0 saturated heterocycles. The molecule has 0 amide bonds. The molecule has 0 heterocycles. The van der Waals surface area contributed by atoms with Gasteiger partial charge in [0.15, 0.2) is 5.96 Å². The molecule has 17 heavy (non-hydrogen) atoms. The number of nitrogens with zero attached hydrogens (tertiary/aromatic N) is 2. The van der Waals surface area contributed by atoms with Gasteiger partial charge in [0, 0.05) is 26.2 Å². The third kappa shape index (κ3) is 7.17. The number of guanidine groups is 1. The van der Waals surface area contributed by atoms with Gasteiger partial charge in [-0.05, 0) is 27.2 Å². The predicted molar refractivity (Wildman–Crippen MR) is 71.5 cm³/mol. The summed E-state index contributed by atoms with van der Waals surface area (Å²) in [5.41, 5.74) is 5.77. The van der Waals surface area contributed by atoms with Gasteiger partial charge < -0.3 is 10.6 Å². The smallest absolute Gasteiger partial charge is 0.211 e. The minimum Gasteiger partial charge on any atom is -0.370 e. The van der Waals surface area contributed by atoms with Gasteiger partial charge in [0.05, 0.1) is 5.75 Å². The summed E-state index contributed by atoms with van der Waals surface area (Å²) in [7, 11) is -3.09. The van der Waals surface area contributed by atoms with Crippen LogP contribution >= 0.6 is 0 Å². The van der Waals surface area contributed by atoms with E-state index in [0.717, 1.165) is 13.1 Å². The van der Waals surface area contributed by atoms with Crippen molar-refractivity contribution in [2.75, 3.05) is 31.9 Å². The van der Waals surface area contributed by atoms with Crippen LogP contribution in [-0.2, 0) is 10.0 Å². The maximum atomic E-state index is 11.1. The normalized spacial score (nSPS) is 12.8. The monoisotopic (exact) mass is 264 g/mol. The molecule has 0 bridgehead atoms. The second-order valence-electron chi connectivity index (χ2n) is 3.56. The van der Waals surface area contributed by atoms with E-state index in [1.165, 1.54) is 0 Å². The summed E-state index contributed by atoms with van der Waals surface area (Å²) in [5, 5.41) is 0. The van der Waals surface area contributed by atoms with Crippen LogP contribution in [0.25, 0.3) is 0 Å². The van der Waals surface area contributed by atoms with Gasteiger partial charge in [0.1, 0.15) is 0 Å². The molecule has 0 aromatic heterocycles. The molecule has 0 aliphatic carbocycles. The Morgan fingerprint density at radius 1 is 1.29 bits per heavy atom. The van der Waals surface area contributed by atoms with Crippen molar-refractivity contribution >= 4 is 16.0 Å². The Hall–Kier alpha value is -0.820. The van der Waals surface area contributed by atoms with Crippen LogP contribution < -0.4 is 10.5 Å². The fourth-order valence-corrected chi connectivity index (χ4v) is 1.91. The predicted octanol–water partition coefficient (Wildman–Crippen LogP) is -0.0277. The number of hydrogen-bond donors (Lipinski definition) is 2. The molecule has 6 nitrogen and oxygen atoms in total. The van der Waals surface area contributed by atoms with E-state index in [1.54, 1.807) is 6.92 Å². The van der Waals surface area contributed by atoms with Crippen LogP contribution in [0, 0.1) is 0 Å². The third-order valence-electron chi connectivity index (χ3n) is 2.40. The summed E-state index contributed by atoms with van der Waals surface area (Å²) in [6.07, 6.45) is 0.654. The van der Waals surface area contributed by atoms with E-state index in [9.17, 15) is 8.42 Å². The lowest BCUT2D eigenvalue weighted by Crippen LogP contribution is -2.37. The Morgan fingerprint density at radius 3 is 2.35 bits per heavy atom. The highest BCUT2D eigenvalue weighted by molar-refractivity contribution is 7.89. The van der Waals surface area contributed by atoms with Crippen molar-refractivity contribution in [1.82, 2.24) is 9.62 Å². The molecule has 0 unspecified atom stereocenters. The molecule has 0 atom stereocenters. The summed E-state index contributed by atoms with van der Waals surface area (Å²) in [4.78, 5) is 6.15. The van der Waals surface area contributed by atoms with Crippen LogP contribution in [0.15, 0.2) is 4.99 Å². The maximum absolute atomic E-state index is 11.1. The largest absolute Gasteiger partial charge is 0.370 e. The SMILES string of the molecule is CCN(CC)C(N)=NCCCNS(=O)(=O)CC. The van der Waals surface area contributed by atoms with Gasteiger partial charge >= 0.3 is 0 Å². The molecule has 0 aliphatic heterocycles. The summed E-state index contributed by atoms with van der Waals surface area (Å²) < 4.78 is 24.7. The lowest BCUT2D eigenvalue weighted by Gasteiger charge is -2.19. The fourth-order valence-electron chi connectivity index (χ4n) is 1.25. The first-order valence-electron chi connectivity index (χ1n) is 5.99. The van der Waals surface area contributed by atoms with E-state index in [-0.39, 0.29) is 5.75 Å². The molecule has 0 rings (SSSR count). The van der Waals surface area contributed by atoms with Crippen molar-refractivity contribution in [3.63, 3.8) is 0 Å². The standard InChI is InChI=1S/C10H24N4O2S/c1-4-14(5-2)10(11)12-8-7-9-13-17(15,16)6-3/h13H,4-9H2,1-3H3,(H2,11,12). The van der Waals surface area contributed by atoms with E-state index in [2.05, 4.69) is 9.71 Å². The molecular weight excluding hydrogens is 240 g/mol. The summed E-state index contributed by atoms with van der Waals surface area (Å²) in [6.45, 7) is 8.24. The summed E-state index contributed by atoms with van der Waals surface area (Å²) >= 11 is 0. The molecule has 0 aromatic carbocycles. The average molecular weight is 264 g/mol. The quantitative estimate of drug-likeness (QED) is 0.366. The minimum atomic E-state index is -3.09. The molecular formula is C10H24N4O2S. The first kappa shape index (κ1) is 16.2. The zero-order chi connectivity index (χ0) is 13.3. The first-order valence-corrected chi connectivity index (χ1v) is 7.64. The van der Waals surface area contributed by atoms with Crippen molar-refractivity contribution in [3.05, 3.63) is 0 Å². The second kappa shape index (κ2) is 8.30. The molecule has 0 radical (unpaired) electrons. The Balaban J connectivity index is 3.88. The van der Waals surface area contributed by atoms with Gasteiger partial charge in [-0.3, -0.25) is 4.99 Å². The van der Waals surface area contributed by atoms with E-state index in [0.29, 0.717) is 25.5 Å². The Bertz CT molecular complexity index is 323. The third-order valence-corrected chi connectivity index (χ3v) is 3.80. The topological polar surface area (TPSA) is 87.8 Å². The first-order chi connectivity index (χ1) is 7.96. The maximum Gasteiger partial charge on any atom is 0.211 e. The molecule has 102 valence electrons. The minimum absolute atomic E-state index is 0.109. The van der Waals surface area contributed by atoms with E-state index >= 15 is 0 Å². The van der Waals surface area contributed by atoms with Crippen molar-refractivity contribution in [1.29, 1.82) is 0 Å². The van der Waals surface area contributed by atoms with Crippen molar-refractivity contribution < 1.29 is 8.42 Å². The lowest BCUT2D eigenvalue weighted by molar-refractivity contribution is 0.458. The van der Waals surface area contributed by atoms with Crippen LogP contribution in [0.2, 0.25) is 0 Å². The van der Waals surface area contributed by atoms with Gasteiger partial charge in [-0.25, -0.2) is 13.1 Å². The summed E-state index contributed by atoms with van der Waals surface area (Å²) in [6, 6.07) is 0. The second-order valence-corrected chi connectivity index (χ2v) is 5.66. The van der Waals surface area contributed by atoms with E-state index in [4.69, 9.17) is 5.73 Å². The Kier molecular flexibility index (Phi) is 7.90. The van der Waals surface area contributed by atoms with Crippen molar-refractivity contribution in [3.8, 4) is 0 Å². The molecule has 0 aromatic rings. The number of nitrogens with two attached hydrogens (primary N) is 1. The summed E-state index contributed by atoms with van der Waals surface area (Å²) in [5.74, 6) is 0.631. The zero-order valence-corrected chi connectivity index (χ0v) is 11.8. The molecule has 0 aliphatic rings. The Labute approximate surface area is 104 Å². The van der Waals surface area contributed by atoms with E-state index in [1.807, 2.05) is 18.7 Å². The molecule has 0 fully saturated rings. The average Bonchev–Trinajstić information content (AvgIpc) is 2.30. The highest BCUT2D eigenvalue weighted by Crippen LogP contribution is 1.89. The van der Waals surface area contributed by atoms with Gasteiger partial charge in [0.2, 0.25) is 10.0 Å². The lowest BCUT2D eigenvalue weighted by atomic mass is 10.4. The van der Waals surface area contributed by atoms with Gasteiger partial charge in [-0.15, -0.1) is 0 Å². The number of nitrogens with one attached hydrogen (secondary N) is 1. The molecule has 7 heteroatoms.